The van der Waals surface area contributed by atoms with Crippen molar-refractivity contribution >= 4 is 12.1 Å². The van der Waals surface area contributed by atoms with Gasteiger partial charge in [-0.25, -0.2) is 14.6 Å². The summed E-state index contributed by atoms with van der Waals surface area (Å²) in [6.45, 7) is 6.99. The molecule has 1 N–H and O–H groups in total. The monoisotopic (exact) mass is 388 g/mol. The van der Waals surface area contributed by atoms with Crippen LogP contribution in [0, 0.1) is 12.9 Å². The van der Waals surface area contributed by atoms with Crippen molar-refractivity contribution in [2.45, 2.75) is 45.8 Å². The first-order valence-corrected chi connectivity index (χ1v) is 8.88. The van der Waals surface area contributed by atoms with Gasteiger partial charge in [0.2, 0.25) is 5.95 Å². The van der Waals surface area contributed by atoms with E-state index in [-0.39, 0.29) is 6.42 Å². The number of nitrogens with zero attached hydrogens (tertiary/aromatic N) is 1. The SMILES string of the molecule is COC(=O)[C@H](Cc1ccccc1-c1cnc(F)cc1C)NC(=O)OC(C)(C)C. The van der Waals surface area contributed by atoms with Crippen molar-refractivity contribution in [3.8, 4) is 11.1 Å². The molecule has 0 saturated heterocycles. The summed E-state index contributed by atoms with van der Waals surface area (Å²) in [5, 5.41) is 2.56. The lowest BCUT2D eigenvalue weighted by molar-refractivity contribution is -0.143. The smallest absolute Gasteiger partial charge is 0.408 e. The van der Waals surface area contributed by atoms with Gasteiger partial charge in [-0.15, -0.1) is 0 Å². The Hall–Kier alpha value is -2.96. The Balaban J connectivity index is 2.32. The number of alkyl carbamates (subject to hydrolysis) is 1. The fourth-order valence-electron chi connectivity index (χ4n) is 2.77. The van der Waals surface area contributed by atoms with Gasteiger partial charge >= 0.3 is 12.1 Å². The maximum atomic E-state index is 13.4. The van der Waals surface area contributed by atoms with Crippen molar-refractivity contribution < 1.29 is 23.5 Å². The van der Waals surface area contributed by atoms with E-state index < -0.39 is 29.7 Å². The lowest BCUT2D eigenvalue weighted by Gasteiger charge is -2.23. The molecule has 0 radical (unpaired) electrons. The Bertz CT molecular complexity index is 862. The van der Waals surface area contributed by atoms with Crippen LogP contribution in [0.4, 0.5) is 9.18 Å². The molecule has 7 heteroatoms. The number of rotatable bonds is 5. The van der Waals surface area contributed by atoms with Gasteiger partial charge in [-0.3, -0.25) is 0 Å². The van der Waals surface area contributed by atoms with E-state index >= 15 is 0 Å². The second kappa shape index (κ2) is 8.82. The molecule has 1 heterocycles. The molecule has 6 nitrogen and oxygen atoms in total. The predicted molar refractivity (Wildman–Crippen MR) is 103 cm³/mol. The first kappa shape index (κ1) is 21.3. The Labute approximate surface area is 164 Å². The van der Waals surface area contributed by atoms with Gasteiger partial charge in [0, 0.05) is 18.2 Å². The zero-order valence-corrected chi connectivity index (χ0v) is 16.7. The number of hydrogen-bond donors (Lipinski definition) is 1. The average Bonchev–Trinajstić information content (AvgIpc) is 2.59. The zero-order chi connectivity index (χ0) is 20.9. The molecule has 0 aliphatic carbocycles. The highest BCUT2D eigenvalue weighted by Crippen LogP contribution is 2.27. The summed E-state index contributed by atoms with van der Waals surface area (Å²) in [5.41, 5.74) is 2.35. The zero-order valence-electron chi connectivity index (χ0n) is 16.7. The third kappa shape index (κ3) is 5.77. The van der Waals surface area contributed by atoms with Crippen molar-refractivity contribution in [1.29, 1.82) is 0 Å². The average molecular weight is 388 g/mol. The first-order chi connectivity index (χ1) is 13.1. The number of carbonyl (C=O) groups excluding carboxylic acids is 2. The quantitative estimate of drug-likeness (QED) is 0.623. The summed E-state index contributed by atoms with van der Waals surface area (Å²) < 4.78 is 23.4. The Kier molecular flexibility index (Phi) is 6.72. The molecule has 1 atom stereocenters. The van der Waals surface area contributed by atoms with Crippen LogP contribution in [0.2, 0.25) is 0 Å². The topological polar surface area (TPSA) is 77.5 Å². The van der Waals surface area contributed by atoms with Crippen LogP contribution < -0.4 is 5.32 Å². The highest BCUT2D eigenvalue weighted by atomic mass is 19.1. The number of hydrogen-bond acceptors (Lipinski definition) is 5. The van der Waals surface area contributed by atoms with Crippen molar-refractivity contribution in [2.75, 3.05) is 7.11 Å². The lowest BCUT2D eigenvalue weighted by atomic mass is 9.94. The molecule has 2 aromatic rings. The standard InChI is InChI=1S/C21H25FN2O4/c1-13-10-18(22)23-12-16(13)15-9-7-6-8-14(15)11-17(19(25)27-5)24-20(26)28-21(2,3)4/h6-10,12,17H,11H2,1-5H3,(H,24,26)/t17-/m0/s1. The molecule has 150 valence electrons. The van der Waals surface area contributed by atoms with Crippen LogP contribution >= 0.6 is 0 Å². The molecule has 1 amide bonds. The maximum absolute atomic E-state index is 13.4. The predicted octanol–water partition coefficient (Wildman–Crippen LogP) is 3.80. The van der Waals surface area contributed by atoms with Gasteiger partial charge in [-0.2, -0.15) is 4.39 Å². The molecule has 0 unspecified atom stereocenters. The fourth-order valence-corrected chi connectivity index (χ4v) is 2.77. The number of halogens is 1. The van der Waals surface area contributed by atoms with E-state index in [1.807, 2.05) is 24.3 Å². The summed E-state index contributed by atoms with van der Waals surface area (Å²) in [7, 11) is 1.26. The van der Waals surface area contributed by atoms with Crippen LogP contribution in [-0.4, -0.2) is 35.8 Å². The molecule has 0 aliphatic heterocycles. The molecule has 0 saturated carbocycles. The van der Waals surface area contributed by atoms with Crippen LogP contribution in [0.5, 0.6) is 0 Å². The van der Waals surface area contributed by atoms with Gasteiger partial charge in [-0.05, 0) is 50.5 Å². The number of ether oxygens (including phenoxy) is 2. The molecular formula is C21H25FN2O4. The number of methoxy groups -OCH3 is 1. The number of amides is 1. The summed E-state index contributed by atoms with van der Waals surface area (Å²) in [5.74, 6) is -1.15. The molecule has 0 bridgehead atoms. The fraction of sp³-hybridized carbons (Fsp3) is 0.381. The number of pyridine rings is 1. The Morgan fingerprint density at radius 2 is 1.89 bits per heavy atom. The molecule has 0 aliphatic rings. The van der Waals surface area contributed by atoms with Crippen LogP contribution in [-0.2, 0) is 20.7 Å². The minimum absolute atomic E-state index is 0.179. The third-order valence-electron chi connectivity index (χ3n) is 3.99. The van der Waals surface area contributed by atoms with E-state index in [1.54, 1.807) is 27.7 Å². The van der Waals surface area contributed by atoms with E-state index in [4.69, 9.17) is 9.47 Å². The molecule has 2 rings (SSSR count). The van der Waals surface area contributed by atoms with Gasteiger partial charge in [0.05, 0.1) is 7.11 Å². The van der Waals surface area contributed by atoms with Gasteiger partial charge in [0.15, 0.2) is 0 Å². The molecule has 1 aromatic carbocycles. The van der Waals surface area contributed by atoms with Crippen LogP contribution in [0.25, 0.3) is 11.1 Å². The minimum Gasteiger partial charge on any atom is -0.467 e. The second-order valence-corrected chi connectivity index (χ2v) is 7.41. The normalized spacial score (nSPS) is 12.2. The molecule has 28 heavy (non-hydrogen) atoms. The Morgan fingerprint density at radius 1 is 1.21 bits per heavy atom. The number of esters is 1. The van der Waals surface area contributed by atoms with Crippen molar-refractivity contribution in [1.82, 2.24) is 10.3 Å². The summed E-state index contributed by atoms with van der Waals surface area (Å²) >= 11 is 0. The van der Waals surface area contributed by atoms with Gasteiger partial charge in [-0.1, -0.05) is 24.3 Å². The molecule has 1 aromatic heterocycles. The van der Waals surface area contributed by atoms with Gasteiger partial charge in [0.1, 0.15) is 11.6 Å². The molecule has 0 spiro atoms. The van der Waals surface area contributed by atoms with Crippen molar-refractivity contribution in [3.63, 3.8) is 0 Å². The molecular weight excluding hydrogens is 363 g/mol. The van der Waals surface area contributed by atoms with Crippen LogP contribution in [0.15, 0.2) is 36.5 Å². The van der Waals surface area contributed by atoms with E-state index in [9.17, 15) is 14.0 Å². The van der Waals surface area contributed by atoms with E-state index in [2.05, 4.69) is 10.3 Å². The number of aryl methyl sites for hydroxylation is 1. The third-order valence-corrected chi connectivity index (χ3v) is 3.99. The number of carbonyl (C=O) groups is 2. The highest BCUT2D eigenvalue weighted by Gasteiger charge is 2.26. The van der Waals surface area contributed by atoms with Crippen LogP contribution in [0.3, 0.4) is 0 Å². The van der Waals surface area contributed by atoms with Crippen molar-refractivity contribution in [2.24, 2.45) is 0 Å². The van der Waals surface area contributed by atoms with Crippen molar-refractivity contribution in [3.05, 3.63) is 53.6 Å². The summed E-state index contributed by atoms with van der Waals surface area (Å²) in [4.78, 5) is 28.1. The van der Waals surface area contributed by atoms with Gasteiger partial charge < -0.3 is 14.8 Å². The van der Waals surface area contributed by atoms with Crippen LogP contribution in [0.1, 0.15) is 31.9 Å². The lowest BCUT2D eigenvalue weighted by Crippen LogP contribution is -2.45. The highest BCUT2D eigenvalue weighted by molar-refractivity contribution is 5.82. The first-order valence-electron chi connectivity index (χ1n) is 8.88. The second-order valence-electron chi connectivity index (χ2n) is 7.41. The van der Waals surface area contributed by atoms with E-state index in [0.717, 1.165) is 22.3 Å². The molecule has 0 fully saturated rings. The summed E-state index contributed by atoms with van der Waals surface area (Å²) in [6, 6.07) is 7.78. The van der Waals surface area contributed by atoms with Gasteiger partial charge in [0.25, 0.3) is 0 Å². The minimum atomic E-state index is -0.935. The summed E-state index contributed by atoms with van der Waals surface area (Å²) in [6.07, 6.45) is 0.927. The number of nitrogens with one attached hydrogen (secondary N) is 1. The van der Waals surface area contributed by atoms with E-state index in [0.29, 0.717) is 0 Å². The number of benzene rings is 1. The maximum Gasteiger partial charge on any atom is 0.408 e. The van der Waals surface area contributed by atoms with E-state index in [1.165, 1.54) is 19.4 Å². The number of aromatic nitrogens is 1. The Morgan fingerprint density at radius 3 is 2.50 bits per heavy atom. The largest absolute Gasteiger partial charge is 0.467 e.